The molecular formula is C15H16N2OS. The van der Waals surface area contributed by atoms with Crippen LogP contribution in [0.2, 0.25) is 0 Å². The van der Waals surface area contributed by atoms with Crippen molar-refractivity contribution in [2.45, 2.75) is 19.8 Å². The average Bonchev–Trinajstić information content (AvgIpc) is 3.10. The van der Waals surface area contributed by atoms with E-state index in [9.17, 15) is 4.79 Å². The van der Waals surface area contributed by atoms with Crippen molar-refractivity contribution in [1.29, 1.82) is 0 Å². The van der Waals surface area contributed by atoms with Crippen LogP contribution in [0.1, 0.15) is 28.1 Å². The van der Waals surface area contributed by atoms with Crippen LogP contribution in [0.5, 0.6) is 0 Å². The molecule has 1 aliphatic heterocycles. The van der Waals surface area contributed by atoms with Crippen molar-refractivity contribution in [3.63, 3.8) is 0 Å². The average molecular weight is 272 g/mol. The van der Waals surface area contributed by atoms with E-state index in [-0.39, 0.29) is 5.91 Å². The van der Waals surface area contributed by atoms with Gasteiger partial charge < -0.3 is 4.90 Å². The van der Waals surface area contributed by atoms with Gasteiger partial charge in [-0.15, -0.1) is 11.3 Å². The van der Waals surface area contributed by atoms with Crippen LogP contribution in [-0.2, 0) is 0 Å². The molecule has 1 fully saturated rings. The first-order valence-electron chi connectivity index (χ1n) is 6.56. The molecule has 2 heterocycles. The largest absolute Gasteiger partial charge is 0.338 e. The zero-order valence-corrected chi connectivity index (χ0v) is 11.7. The molecule has 1 aliphatic rings. The normalized spacial score (nSPS) is 14.9. The van der Waals surface area contributed by atoms with Gasteiger partial charge in [0.2, 0.25) is 0 Å². The van der Waals surface area contributed by atoms with Crippen molar-refractivity contribution in [1.82, 2.24) is 9.88 Å². The van der Waals surface area contributed by atoms with Crippen LogP contribution < -0.4 is 0 Å². The predicted molar refractivity (Wildman–Crippen MR) is 77.4 cm³/mol. The highest BCUT2D eigenvalue weighted by molar-refractivity contribution is 7.16. The van der Waals surface area contributed by atoms with Crippen molar-refractivity contribution >= 4 is 17.2 Å². The summed E-state index contributed by atoms with van der Waals surface area (Å²) in [6.07, 6.45) is 3.95. The minimum absolute atomic E-state index is 0.133. The van der Waals surface area contributed by atoms with E-state index in [1.165, 1.54) is 16.9 Å². The number of amides is 1. The van der Waals surface area contributed by atoms with E-state index in [1.807, 2.05) is 17.0 Å². The highest BCUT2D eigenvalue weighted by Gasteiger charge is 2.21. The van der Waals surface area contributed by atoms with E-state index in [1.54, 1.807) is 6.20 Å². The lowest BCUT2D eigenvalue weighted by atomic mass is 10.1. The van der Waals surface area contributed by atoms with Gasteiger partial charge in [0.05, 0.1) is 6.20 Å². The molecule has 1 aromatic heterocycles. The Morgan fingerprint density at radius 2 is 2.11 bits per heavy atom. The molecule has 0 spiro atoms. The smallest absolute Gasteiger partial charge is 0.265 e. The molecule has 1 saturated heterocycles. The number of benzene rings is 1. The highest BCUT2D eigenvalue weighted by atomic mass is 32.1. The number of aromatic nitrogens is 1. The lowest BCUT2D eigenvalue weighted by Gasteiger charge is -2.12. The number of nitrogens with zero attached hydrogens (tertiary/aromatic N) is 2. The third-order valence-corrected chi connectivity index (χ3v) is 4.41. The molecule has 0 unspecified atom stereocenters. The summed E-state index contributed by atoms with van der Waals surface area (Å²) in [6, 6.07) is 8.22. The molecule has 98 valence electrons. The summed E-state index contributed by atoms with van der Waals surface area (Å²) >= 11 is 1.49. The summed E-state index contributed by atoms with van der Waals surface area (Å²) in [5.74, 6) is 0.133. The van der Waals surface area contributed by atoms with E-state index < -0.39 is 0 Å². The van der Waals surface area contributed by atoms with Crippen molar-refractivity contribution in [2.24, 2.45) is 0 Å². The van der Waals surface area contributed by atoms with Crippen LogP contribution in [-0.4, -0.2) is 28.9 Å². The number of hydrogen-bond acceptors (Lipinski definition) is 3. The van der Waals surface area contributed by atoms with Crippen molar-refractivity contribution in [3.05, 3.63) is 40.9 Å². The molecule has 3 nitrogen and oxygen atoms in total. The van der Waals surface area contributed by atoms with Crippen molar-refractivity contribution in [2.75, 3.05) is 13.1 Å². The van der Waals surface area contributed by atoms with Crippen LogP contribution in [0.4, 0.5) is 0 Å². The zero-order chi connectivity index (χ0) is 13.2. The molecule has 2 aromatic rings. The van der Waals surface area contributed by atoms with Gasteiger partial charge in [-0.05, 0) is 25.8 Å². The van der Waals surface area contributed by atoms with Gasteiger partial charge in [0, 0.05) is 18.7 Å². The summed E-state index contributed by atoms with van der Waals surface area (Å²) < 4.78 is 0. The lowest BCUT2D eigenvalue weighted by Crippen LogP contribution is -2.26. The lowest BCUT2D eigenvalue weighted by molar-refractivity contribution is 0.0797. The van der Waals surface area contributed by atoms with Crippen LogP contribution in [0.25, 0.3) is 10.6 Å². The van der Waals surface area contributed by atoms with Gasteiger partial charge in [-0.3, -0.25) is 4.79 Å². The van der Waals surface area contributed by atoms with Crippen LogP contribution >= 0.6 is 11.3 Å². The van der Waals surface area contributed by atoms with Gasteiger partial charge >= 0.3 is 0 Å². The molecule has 1 amide bonds. The second-order valence-electron chi connectivity index (χ2n) is 4.90. The molecule has 1 aromatic carbocycles. The second-order valence-corrected chi connectivity index (χ2v) is 5.93. The molecule has 0 bridgehead atoms. The zero-order valence-electron chi connectivity index (χ0n) is 10.9. The Balaban J connectivity index is 1.85. The third kappa shape index (κ3) is 2.54. The molecule has 0 radical (unpaired) electrons. The number of hydrogen-bond donors (Lipinski definition) is 0. The molecule has 0 atom stereocenters. The number of likely N-dealkylation sites (tertiary alicyclic amines) is 1. The summed E-state index contributed by atoms with van der Waals surface area (Å²) in [7, 11) is 0. The van der Waals surface area contributed by atoms with Gasteiger partial charge in [0.1, 0.15) is 9.88 Å². The fourth-order valence-electron chi connectivity index (χ4n) is 2.36. The maximum absolute atomic E-state index is 12.3. The second kappa shape index (κ2) is 5.13. The van der Waals surface area contributed by atoms with Crippen LogP contribution in [0.3, 0.4) is 0 Å². The molecule has 0 aliphatic carbocycles. The maximum Gasteiger partial charge on any atom is 0.265 e. The minimum Gasteiger partial charge on any atom is -0.338 e. The Morgan fingerprint density at radius 3 is 2.84 bits per heavy atom. The Hall–Kier alpha value is -1.68. The molecule has 4 heteroatoms. The fraction of sp³-hybridized carbons (Fsp3) is 0.333. The number of rotatable bonds is 2. The molecule has 19 heavy (non-hydrogen) atoms. The van der Waals surface area contributed by atoms with E-state index in [0.717, 1.165) is 41.4 Å². The Labute approximate surface area is 116 Å². The Bertz CT molecular complexity index is 600. The van der Waals surface area contributed by atoms with Gasteiger partial charge in [0.15, 0.2) is 0 Å². The molecule has 0 saturated carbocycles. The van der Waals surface area contributed by atoms with E-state index in [0.29, 0.717) is 0 Å². The van der Waals surface area contributed by atoms with E-state index >= 15 is 0 Å². The first-order valence-corrected chi connectivity index (χ1v) is 7.38. The maximum atomic E-state index is 12.3. The van der Waals surface area contributed by atoms with Gasteiger partial charge in [0.25, 0.3) is 5.91 Å². The van der Waals surface area contributed by atoms with E-state index in [2.05, 4.69) is 24.0 Å². The summed E-state index contributed by atoms with van der Waals surface area (Å²) in [5.41, 5.74) is 2.30. The Kier molecular flexibility index (Phi) is 3.34. The monoisotopic (exact) mass is 272 g/mol. The van der Waals surface area contributed by atoms with Gasteiger partial charge in [-0.1, -0.05) is 23.8 Å². The first kappa shape index (κ1) is 12.4. The fourth-order valence-corrected chi connectivity index (χ4v) is 3.24. The first-order chi connectivity index (χ1) is 9.24. The number of carbonyl (C=O) groups is 1. The van der Waals surface area contributed by atoms with Crippen molar-refractivity contribution < 1.29 is 4.79 Å². The summed E-state index contributed by atoms with van der Waals surface area (Å²) in [4.78, 5) is 19.3. The highest BCUT2D eigenvalue weighted by Crippen LogP contribution is 2.27. The van der Waals surface area contributed by atoms with Crippen molar-refractivity contribution in [3.8, 4) is 10.6 Å². The Morgan fingerprint density at radius 1 is 1.32 bits per heavy atom. The summed E-state index contributed by atoms with van der Waals surface area (Å²) in [5, 5.41) is 0.922. The standard InChI is InChI=1S/C15H16N2OS/c1-11-5-4-6-12(9-11)14-16-10-13(19-14)15(18)17-7-2-3-8-17/h4-6,9-10H,2-3,7-8H2,1H3. The van der Waals surface area contributed by atoms with Crippen LogP contribution in [0, 0.1) is 6.92 Å². The number of aryl methyl sites for hydroxylation is 1. The quantitative estimate of drug-likeness (QED) is 0.840. The topological polar surface area (TPSA) is 33.2 Å². The number of thiazole rings is 1. The van der Waals surface area contributed by atoms with Gasteiger partial charge in [-0.25, -0.2) is 4.98 Å². The van der Waals surface area contributed by atoms with E-state index in [4.69, 9.17) is 0 Å². The SMILES string of the molecule is Cc1cccc(-c2ncc(C(=O)N3CCCC3)s2)c1. The minimum atomic E-state index is 0.133. The predicted octanol–water partition coefficient (Wildman–Crippen LogP) is 3.35. The van der Waals surface area contributed by atoms with Gasteiger partial charge in [-0.2, -0.15) is 0 Å². The molecule has 0 N–H and O–H groups in total. The molecular weight excluding hydrogens is 256 g/mol. The summed E-state index contributed by atoms with van der Waals surface area (Å²) in [6.45, 7) is 3.83. The third-order valence-electron chi connectivity index (χ3n) is 3.37. The number of carbonyl (C=O) groups excluding carboxylic acids is 1. The molecule has 3 rings (SSSR count). The van der Waals surface area contributed by atoms with Crippen LogP contribution in [0.15, 0.2) is 30.5 Å².